The third-order valence-corrected chi connectivity index (χ3v) is 4.22. The van der Waals surface area contributed by atoms with Gasteiger partial charge in [0, 0.05) is 34.6 Å². The van der Waals surface area contributed by atoms with Gasteiger partial charge in [-0.25, -0.2) is 15.0 Å². The number of rotatable bonds is 2. The van der Waals surface area contributed by atoms with E-state index in [0.29, 0.717) is 0 Å². The van der Waals surface area contributed by atoms with E-state index in [9.17, 15) is 0 Å². The Morgan fingerprint density at radius 1 is 1.44 bits per heavy atom. The maximum absolute atomic E-state index is 6.06. The third kappa shape index (κ3) is 2.28. The fraction of sp³-hybridized carbons (Fsp3) is 0.462. The summed E-state index contributed by atoms with van der Waals surface area (Å²) in [4.78, 5) is 13.5. The molecule has 5 heteroatoms. The zero-order valence-corrected chi connectivity index (χ0v) is 11.2. The molecule has 1 atom stereocenters. The van der Waals surface area contributed by atoms with Crippen LogP contribution in [0.25, 0.3) is 0 Å². The molecule has 0 saturated heterocycles. The van der Waals surface area contributed by atoms with Gasteiger partial charge >= 0.3 is 0 Å². The minimum Gasteiger partial charge on any atom is -0.324 e. The predicted molar refractivity (Wildman–Crippen MR) is 71.6 cm³/mol. The van der Waals surface area contributed by atoms with Crippen molar-refractivity contribution in [3.05, 3.63) is 39.4 Å². The number of hydrogen-bond donors (Lipinski definition) is 1. The Morgan fingerprint density at radius 3 is 3.11 bits per heavy atom. The molecule has 2 N–H and O–H groups in total. The van der Waals surface area contributed by atoms with Crippen LogP contribution in [0.5, 0.6) is 0 Å². The minimum atomic E-state index is 0.116. The molecule has 1 unspecified atom stereocenters. The van der Waals surface area contributed by atoms with Crippen LogP contribution in [-0.4, -0.2) is 15.0 Å². The molecule has 0 aromatic carbocycles. The van der Waals surface area contributed by atoms with Crippen molar-refractivity contribution in [2.75, 3.05) is 0 Å². The van der Waals surface area contributed by atoms with Crippen molar-refractivity contribution in [2.24, 2.45) is 5.73 Å². The minimum absolute atomic E-state index is 0.116. The summed E-state index contributed by atoms with van der Waals surface area (Å²) in [7, 11) is 0. The molecular weight excluding hydrogens is 244 g/mol. The van der Waals surface area contributed by atoms with E-state index in [1.807, 2.05) is 13.1 Å². The zero-order chi connectivity index (χ0) is 12.5. The normalized spacial score (nSPS) is 18.7. The first-order valence-corrected chi connectivity index (χ1v) is 7.11. The molecule has 2 heterocycles. The fourth-order valence-electron chi connectivity index (χ4n) is 2.33. The number of fused-ring (bicyclic) bond motifs is 1. The lowest BCUT2D eigenvalue weighted by molar-refractivity contribution is 0.553. The summed E-state index contributed by atoms with van der Waals surface area (Å²) in [6.45, 7) is 2.01. The number of nitrogens with two attached hydrogens (primary N) is 1. The quantitative estimate of drug-likeness (QED) is 0.898. The smallest absolute Gasteiger partial charge is 0.135 e. The summed E-state index contributed by atoms with van der Waals surface area (Å²) in [5, 5.41) is 3.14. The highest BCUT2D eigenvalue weighted by molar-refractivity contribution is 7.09. The number of aromatic nitrogens is 3. The van der Waals surface area contributed by atoms with Crippen LogP contribution in [0.15, 0.2) is 11.6 Å². The van der Waals surface area contributed by atoms with Crippen molar-refractivity contribution in [1.82, 2.24) is 15.0 Å². The molecule has 0 saturated carbocycles. The Bertz CT molecular complexity index is 564. The molecule has 0 spiro atoms. The van der Waals surface area contributed by atoms with Crippen LogP contribution in [0.1, 0.15) is 46.7 Å². The first kappa shape index (κ1) is 11.7. The van der Waals surface area contributed by atoms with Gasteiger partial charge in [-0.3, -0.25) is 0 Å². The Labute approximate surface area is 110 Å². The highest BCUT2D eigenvalue weighted by Crippen LogP contribution is 2.26. The summed E-state index contributed by atoms with van der Waals surface area (Å²) in [5.41, 5.74) is 9.38. The van der Waals surface area contributed by atoms with Crippen molar-refractivity contribution < 1.29 is 0 Å². The standard InChI is InChI=1S/C13H16N4S/c1-8-7-18-13(16-8)5-12-15-6-9-10(14)3-2-4-11(9)17-12/h6-7,10H,2-5,14H2,1H3. The first-order chi connectivity index (χ1) is 8.72. The lowest BCUT2D eigenvalue weighted by Gasteiger charge is -2.20. The van der Waals surface area contributed by atoms with Crippen molar-refractivity contribution in [1.29, 1.82) is 0 Å². The Hall–Kier alpha value is -1.33. The van der Waals surface area contributed by atoms with Crippen LogP contribution in [0.2, 0.25) is 0 Å². The fourth-order valence-corrected chi connectivity index (χ4v) is 3.10. The highest BCUT2D eigenvalue weighted by atomic mass is 32.1. The SMILES string of the molecule is Cc1csc(Cc2ncc3c(n2)CCCC3N)n1. The first-order valence-electron chi connectivity index (χ1n) is 6.23. The molecule has 2 aromatic heterocycles. The van der Waals surface area contributed by atoms with E-state index in [4.69, 9.17) is 5.73 Å². The summed E-state index contributed by atoms with van der Waals surface area (Å²) >= 11 is 1.67. The van der Waals surface area contributed by atoms with Gasteiger partial charge in [0.1, 0.15) is 10.8 Å². The lowest BCUT2D eigenvalue weighted by atomic mass is 9.93. The van der Waals surface area contributed by atoms with E-state index < -0.39 is 0 Å². The third-order valence-electron chi connectivity index (χ3n) is 3.25. The molecule has 94 valence electrons. The van der Waals surface area contributed by atoms with Crippen LogP contribution >= 0.6 is 11.3 Å². The molecule has 4 nitrogen and oxygen atoms in total. The van der Waals surface area contributed by atoms with Crippen molar-refractivity contribution >= 4 is 11.3 Å². The summed E-state index contributed by atoms with van der Waals surface area (Å²) in [6, 6.07) is 0.116. The van der Waals surface area contributed by atoms with E-state index in [2.05, 4.69) is 20.3 Å². The van der Waals surface area contributed by atoms with Gasteiger partial charge in [-0.05, 0) is 26.2 Å². The predicted octanol–water partition coefficient (Wildman–Crippen LogP) is 2.17. The molecule has 0 fully saturated rings. The van der Waals surface area contributed by atoms with Gasteiger partial charge in [0.25, 0.3) is 0 Å². The molecule has 0 radical (unpaired) electrons. The van der Waals surface area contributed by atoms with Crippen LogP contribution < -0.4 is 5.73 Å². The molecule has 0 bridgehead atoms. The summed E-state index contributed by atoms with van der Waals surface area (Å²) < 4.78 is 0. The van der Waals surface area contributed by atoms with Crippen molar-refractivity contribution in [3.8, 4) is 0 Å². The van der Waals surface area contributed by atoms with Crippen LogP contribution in [-0.2, 0) is 12.8 Å². The molecule has 0 amide bonds. The maximum atomic E-state index is 6.06. The molecule has 1 aliphatic carbocycles. The van der Waals surface area contributed by atoms with Crippen molar-refractivity contribution in [2.45, 2.75) is 38.6 Å². The second kappa shape index (κ2) is 4.74. The van der Waals surface area contributed by atoms with Gasteiger partial charge in [0.15, 0.2) is 0 Å². The largest absolute Gasteiger partial charge is 0.324 e. The average Bonchev–Trinajstić information content (AvgIpc) is 2.75. The average molecular weight is 260 g/mol. The van der Waals surface area contributed by atoms with Gasteiger partial charge in [0.2, 0.25) is 0 Å². The Balaban J connectivity index is 1.86. The summed E-state index contributed by atoms with van der Waals surface area (Å²) in [5.74, 6) is 0.859. The second-order valence-corrected chi connectivity index (χ2v) is 5.69. The number of hydrogen-bond acceptors (Lipinski definition) is 5. The number of aryl methyl sites for hydroxylation is 2. The molecule has 1 aliphatic rings. The van der Waals surface area contributed by atoms with Crippen molar-refractivity contribution in [3.63, 3.8) is 0 Å². The number of nitrogens with zero attached hydrogens (tertiary/aromatic N) is 3. The maximum Gasteiger partial charge on any atom is 0.135 e. The lowest BCUT2D eigenvalue weighted by Crippen LogP contribution is -2.19. The Kier molecular flexibility index (Phi) is 3.09. The van der Waals surface area contributed by atoms with Crippen LogP contribution in [0.3, 0.4) is 0 Å². The highest BCUT2D eigenvalue weighted by Gasteiger charge is 2.19. The number of thiazole rings is 1. The van der Waals surface area contributed by atoms with Crippen LogP contribution in [0, 0.1) is 6.92 Å². The van der Waals surface area contributed by atoms with Gasteiger partial charge in [-0.1, -0.05) is 0 Å². The molecule has 2 aromatic rings. The zero-order valence-electron chi connectivity index (χ0n) is 10.4. The van der Waals surface area contributed by atoms with Gasteiger partial charge in [-0.15, -0.1) is 11.3 Å². The van der Waals surface area contributed by atoms with E-state index in [1.165, 1.54) is 0 Å². The second-order valence-electron chi connectivity index (χ2n) is 4.75. The van der Waals surface area contributed by atoms with E-state index in [1.54, 1.807) is 11.3 Å². The van der Waals surface area contributed by atoms with Gasteiger partial charge in [0.05, 0.1) is 6.42 Å². The molecule has 18 heavy (non-hydrogen) atoms. The Morgan fingerprint density at radius 2 is 2.33 bits per heavy atom. The van der Waals surface area contributed by atoms with Gasteiger partial charge < -0.3 is 5.73 Å². The molecular formula is C13H16N4S. The topological polar surface area (TPSA) is 64.7 Å². The van der Waals surface area contributed by atoms with Crippen LogP contribution in [0.4, 0.5) is 0 Å². The monoisotopic (exact) mass is 260 g/mol. The molecule has 0 aliphatic heterocycles. The molecule has 3 rings (SSSR count). The van der Waals surface area contributed by atoms with E-state index in [-0.39, 0.29) is 6.04 Å². The van der Waals surface area contributed by atoms with E-state index >= 15 is 0 Å². The summed E-state index contributed by atoms with van der Waals surface area (Å²) in [6.07, 6.45) is 5.82. The van der Waals surface area contributed by atoms with Gasteiger partial charge in [-0.2, -0.15) is 0 Å². The van der Waals surface area contributed by atoms with E-state index in [0.717, 1.165) is 53.5 Å².